The third kappa shape index (κ3) is 4.60. The molecule has 0 bridgehead atoms. The van der Waals surface area contributed by atoms with E-state index in [1.807, 2.05) is 0 Å². The molecule has 1 aliphatic heterocycles. The van der Waals surface area contributed by atoms with E-state index in [4.69, 9.17) is 9.47 Å². The number of aliphatic hydroxyl groups excluding tert-OH is 1. The summed E-state index contributed by atoms with van der Waals surface area (Å²) in [5, 5.41) is 10.0. The van der Waals surface area contributed by atoms with Gasteiger partial charge in [0.1, 0.15) is 0 Å². The molecule has 1 fully saturated rings. The molecule has 2 atom stereocenters. The first-order valence-corrected chi connectivity index (χ1v) is 7.71. The topological polar surface area (TPSA) is 55.8 Å². The Morgan fingerprint density at radius 2 is 1.85 bits per heavy atom. The number of esters is 1. The summed E-state index contributed by atoms with van der Waals surface area (Å²) in [7, 11) is 1.43. The molecular weight excluding hydrogens is 256 g/mol. The second-order valence-corrected chi connectivity index (χ2v) is 5.58. The van der Waals surface area contributed by atoms with Crippen molar-refractivity contribution in [3.8, 4) is 0 Å². The van der Waals surface area contributed by atoms with Gasteiger partial charge in [0, 0.05) is 14.0 Å². The van der Waals surface area contributed by atoms with Crippen LogP contribution in [-0.2, 0) is 14.3 Å². The molecule has 4 nitrogen and oxygen atoms in total. The van der Waals surface area contributed by atoms with E-state index in [-0.39, 0.29) is 0 Å². The highest BCUT2D eigenvalue weighted by Crippen LogP contribution is 2.31. The molecule has 1 rings (SSSR count). The molecule has 4 heteroatoms. The fraction of sp³-hybridized carbons (Fsp3) is 0.812. The smallest absolute Gasteiger partial charge is 0.339 e. The van der Waals surface area contributed by atoms with Gasteiger partial charge in [-0.15, -0.1) is 0 Å². The molecule has 1 saturated heterocycles. The Morgan fingerprint density at radius 3 is 2.40 bits per heavy atom. The van der Waals surface area contributed by atoms with Gasteiger partial charge in [0.25, 0.3) is 0 Å². The normalized spacial score (nSPS) is 28.1. The van der Waals surface area contributed by atoms with Crippen molar-refractivity contribution in [2.24, 2.45) is 0 Å². The first kappa shape index (κ1) is 17.2. The molecule has 0 spiro atoms. The highest BCUT2D eigenvalue weighted by Gasteiger charge is 2.48. The van der Waals surface area contributed by atoms with Crippen LogP contribution < -0.4 is 0 Å². The predicted molar refractivity (Wildman–Crippen MR) is 78.2 cm³/mol. The highest BCUT2D eigenvalue weighted by molar-refractivity contribution is 5.92. The lowest BCUT2D eigenvalue weighted by molar-refractivity contribution is -0.218. The number of aliphatic hydroxyl groups is 1. The van der Waals surface area contributed by atoms with Gasteiger partial charge in [0.15, 0.2) is 6.10 Å². The van der Waals surface area contributed by atoms with Crippen LogP contribution in [0.2, 0.25) is 0 Å². The number of cyclic esters (lactones) is 1. The average molecular weight is 284 g/mol. The van der Waals surface area contributed by atoms with Gasteiger partial charge < -0.3 is 14.6 Å². The molecule has 0 aliphatic carbocycles. The standard InChI is InChI=1S/C16H28O4/c1-4-5-6-7-8-9-10-11-12-13-14(17)16(2,19-3)20-15(13)18/h12,14,17H,4-11H2,1-3H3/b13-12+/t14-,16+/m0/s1. The van der Waals surface area contributed by atoms with Gasteiger partial charge in [-0.05, 0) is 12.8 Å². The number of carbonyl (C=O) groups excluding carboxylic acids is 1. The molecule has 116 valence electrons. The van der Waals surface area contributed by atoms with Crippen LogP contribution in [0.4, 0.5) is 0 Å². The van der Waals surface area contributed by atoms with Crippen molar-refractivity contribution in [2.45, 2.75) is 77.1 Å². The molecule has 20 heavy (non-hydrogen) atoms. The van der Waals surface area contributed by atoms with Crippen molar-refractivity contribution in [2.75, 3.05) is 7.11 Å². The number of hydrogen-bond donors (Lipinski definition) is 1. The minimum absolute atomic E-state index is 0.334. The number of allylic oxidation sites excluding steroid dienone is 1. The fourth-order valence-electron chi connectivity index (χ4n) is 2.40. The molecule has 0 aromatic heterocycles. The Kier molecular flexibility index (Phi) is 7.24. The maximum Gasteiger partial charge on any atom is 0.339 e. The quantitative estimate of drug-likeness (QED) is 0.401. The molecule has 0 amide bonds. The van der Waals surface area contributed by atoms with Crippen LogP contribution in [0, 0.1) is 0 Å². The van der Waals surface area contributed by atoms with Gasteiger partial charge in [0.2, 0.25) is 5.79 Å². The molecule has 1 aliphatic rings. The van der Waals surface area contributed by atoms with Gasteiger partial charge >= 0.3 is 5.97 Å². The van der Waals surface area contributed by atoms with E-state index in [1.165, 1.54) is 45.6 Å². The molecular formula is C16H28O4. The molecule has 1 heterocycles. The predicted octanol–water partition coefficient (Wildman–Crippen LogP) is 3.33. The molecule has 0 unspecified atom stereocenters. The largest absolute Gasteiger partial charge is 0.427 e. The lowest BCUT2D eigenvalue weighted by Crippen LogP contribution is -2.38. The molecule has 0 aromatic rings. The van der Waals surface area contributed by atoms with Crippen LogP contribution in [0.15, 0.2) is 11.6 Å². The van der Waals surface area contributed by atoms with E-state index in [9.17, 15) is 9.90 Å². The summed E-state index contributed by atoms with van der Waals surface area (Å²) in [6, 6.07) is 0. The van der Waals surface area contributed by atoms with Crippen molar-refractivity contribution in [1.29, 1.82) is 0 Å². The second-order valence-electron chi connectivity index (χ2n) is 5.58. The zero-order valence-electron chi connectivity index (χ0n) is 13.0. The van der Waals surface area contributed by atoms with E-state index >= 15 is 0 Å². The summed E-state index contributed by atoms with van der Waals surface area (Å²) in [5.41, 5.74) is 0.334. The Hall–Kier alpha value is -0.870. The van der Waals surface area contributed by atoms with E-state index in [0.29, 0.717) is 5.57 Å². The SMILES string of the molecule is CCCCCCCCC/C=C1/C(=O)O[C@@](C)(OC)[C@H]1O. The Labute approximate surface area is 122 Å². The maximum atomic E-state index is 11.7. The van der Waals surface area contributed by atoms with Gasteiger partial charge in [-0.2, -0.15) is 0 Å². The van der Waals surface area contributed by atoms with Crippen molar-refractivity contribution in [3.63, 3.8) is 0 Å². The molecule has 1 N–H and O–H groups in total. The molecule has 0 radical (unpaired) electrons. The Bertz CT molecular complexity index is 337. The summed E-state index contributed by atoms with van der Waals surface area (Å²) in [5.74, 6) is -1.70. The third-order valence-corrected chi connectivity index (χ3v) is 3.90. The van der Waals surface area contributed by atoms with E-state index in [0.717, 1.165) is 12.8 Å². The summed E-state index contributed by atoms with van der Waals surface area (Å²) < 4.78 is 10.1. The van der Waals surface area contributed by atoms with E-state index in [2.05, 4.69) is 6.92 Å². The van der Waals surface area contributed by atoms with E-state index < -0.39 is 17.9 Å². The average Bonchev–Trinajstić information content (AvgIpc) is 2.65. The van der Waals surface area contributed by atoms with Gasteiger partial charge in [0.05, 0.1) is 5.57 Å². The van der Waals surface area contributed by atoms with E-state index in [1.54, 1.807) is 13.0 Å². The Balaban J connectivity index is 2.27. The fourth-order valence-corrected chi connectivity index (χ4v) is 2.40. The van der Waals surface area contributed by atoms with Crippen LogP contribution in [0.5, 0.6) is 0 Å². The van der Waals surface area contributed by atoms with Gasteiger partial charge in [-0.1, -0.05) is 51.5 Å². The van der Waals surface area contributed by atoms with Crippen LogP contribution in [0.25, 0.3) is 0 Å². The first-order chi connectivity index (χ1) is 9.55. The summed E-state index contributed by atoms with van der Waals surface area (Å²) >= 11 is 0. The Morgan fingerprint density at radius 1 is 1.25 bits per heavy atom. The third-order valence-electron chi connectivity index (χ3n) is 3.90. The van der Waals surface area contributed by atoms with Crippen molar-refractivity contribution >= 4 is 5.97 Å². The van der Waals surface area contributed by atoms with Crippen molar-refractivity contribution in [3.05, 3.63) is 11.6 Å². The van der Waals surface area contributed by atoms with Gasteiger partial charge in [-0.3, -0.25) is 0 Å². The second kappa shape index (κ2) is 8.42. The summed E-state index contributed by atoms with van der Waals surface area (Å²) in [6.07, 6.45) is 10.2. The number of carbonyl (C=O) groups is 1. The molecule has 0 aromatic carbocycles. The zero-order valence-corrected chi connectivity index (χ0v) is 13.0. The van der Waals surface area contributed by atoms with Crippen LogP contribution in [-0.4, -0.2) is 30.1 Å². The maximum absolute atomic E-state index is 11.7. The zero-order chi connectivity index (χ0) is 15.0. The van der Waals surface area contributed by atoms with Crippen LogP contribution in [0.3, 0.4) is 0 Å². The molecule has 0 saturated carbocycles. The number of rotatable bonds is 9. The monoisotopic (exact) mass is 284 g/mol. The van der Waals surface area contributed by atoms with Crippen LogP contribution >= 0.6 is 0 Å². The van der Waals surface area contributed by atoms with Crippen LogP contribution in [0.1, 0.15) is 65.2 Å². The first-order valence-electron chi connectivity index (χ1n) is 7.71. The summed E-state index contributed by atoms with van der Waals surface area (Å²) in [4.78, 5) is 11.7. The number of hydrogen-bond acceptors (Lipinski definition) is 4. The lowest BCUT2D eigenvalue weighted by Gasteiger charge is -2.23. The minimum Gasteiger partial charge on any atom is -0.427 e. The van der Waals surface area contributed by atoms with Gasteiger partial charge in [-0.25, -0.2) is 4.79 Å². The number of unbranched alkanes of at least 4 members (excludes halogenated alkanes) is 7. The van der Waals surface area contributed by atoms with Crippen molar-refractivity contribution < 1.29 is 19.4 Å². The minimum atomic E-state index is -1.23. The lowest BCUT2D eigenvalue weighted by atomic mass is 10.0. The highest BCUT2D eigenvalue weighted by atomic mass is 16.7. The summed E-state index contributed by atoms with van der Waals surface area (Å²) in [6.45, 7) is 3.79. The number of ether oxygens (including phenoxy) is 2. The number of methoxy groups -OCH3 is 1. The van der Waals surface area contributed by atoms with Crippen molar-refractivity contribution in [1.82, 2.24) is 0 Å².